The number of hydrogen-bond donors (Lipinski definition) is 1. The summed E-state index contributed by atoms with van der Waals surface area (Å²) in [6.45, 7) is 3.08. The highest BCUT2D eigenvalue weighted by Crippen LogP contribution is 2.24. The molecule has 5 nitrogen and oxygen atoms in total. The molecule has 0 saturated heterocycles. The number of thiophene rings is 1. The lowest BCUT2D eigenvalue weighted by atomic mass is 10.4. The Morgan fingerprint density at radius 3 is 2.62 bits per heavy atom. The van der Waals surface area contributed by atoms with Crippen molar-refractivity contribution in [3.8, 4) is 0 Å². The molecule has 1 heterocycles. The summed E-state index contributed by atoms with van der Waals surface area (Å²) in [5.74, 6) is -1.31. The highest BCUT2D eigenvalue weighted by atomic mass is 32.3. The van der Waals surface area contributed by atoms with Gasteiger partial charge in [-0.3, -0.25) is 4.18 Å². The summed E-state index contributed by atoms with van der Waals surface area (Å²) in [5, 5.41) is 8.56. The Morgan fingerprint density at radius 1 is 1.56 bits per heavy atom. The lowest BCUT2D eigenvalue weighted by molar-refractivity contribution is -0.144. The Bertz CT molecular complexity index is 474. The Balaban J connectivity index is 2.90. The second kappa shape index (κ2) is 4.94. The zero-order valence-corrected chi connectivity index (χ0v) is 10.5. The fraction of sp³-hybridized carbons (Fsp3) is 0.444. The molecule has 0 fully saturated rings. The molecule has 1 aromatic rings. The normalized spacial score (nSPS) is 13.6. The SMILES string of the molecule is CCc1ccc(S(=O)(=O)OC(C)C(=O)O)s1. The number of carboxylic acids is 1. The van der Waals surface area contributed by atoms with Crippen LogP contribution < -0.4 is 0 Å². The fourth-order valence-electron chi connectivity index (χ4n) is 0.961. The lowest BCUT2D eigenvalue weighted by Gasteiger charge is -2.06. The first-order valence-electron chi connectivity index (χ1n) is 4.61. The van der Waals surface area contributed by atoms with Gasteiger partial charge in [-0.05, 0) is 25.5 Å². The van der Waals surface area contributed by atoms with Crippen LogP contribution in [0.1, 0.15) is 18.7 Å². The molecule has 0 saturated carbocycles. The van der Waals surface area contributed by atoms with Crippen LogP contribution in [0.25, 0.3) is 0 Å². The van der Waals surface area contributed by atoms with Gasteiger partial charge in [0.2, 0.25) is 0 Å². The number of carbonyl (C=O) groups is 1. The Kier molecular flexibility index (Phi) is 4.06. The molecule has 1 unspecified atom stereocenters. The summed E-state index contributed by atoms with van der Waals surface area (Å²) in [6, 6.07) is 3.11. The maximum absolute atomic E-state index is 11.6. The summed E-state index contributed by atoms with van der Waals surface area (Å²) < 4.78 is 27.8. The van der Waals surface area contributed by atoms with E-state index < -0.39 is 22.2 Å². The molecule has 0 aromatic carbocycles. The third kappa shape index (κ3) is 3.03. The molecule has 0 spiro atoms. The first kappa shape index (κ1) is 13.1. The first-order chi connectivity index (χ1) is 7.36. The van der Waals surface area contributed by atoms with Crippen LogP contribution in [0.2, 0.25) is 0 Å². The molecule has 0 bridgehead atoms. The van der Waals surface area contributed by atoms with Crippen molar-refractivity contribution in [3.05, 3.63) is 17.0 Å². The van der Waals surface area contributed by atoms with Gasteiger partial charge in [-0.2, -0.15) is 8.42 Å². The summed E-state index contributed by atoms with van der Waals surface area (Å²) >= 11 is 1.09. The third-order valence-electron chi connectivity index (χ3n) is 1.85. The van der Waals surface area contributed by atoms with Crippen LogP contribution in [0.4, 0.5) is 0 Å². The topological polar surface area (TPSA) is 80.7 Å². The van der Waals surface area contributed by atoms with Gasteiger partial charge in [0.05, 0.1) is 0 Å². The molecule has 1 atom stereocenters. The van der Waals surface area contributed by atoms with E-state index in [1.807, 2.05) is 6.92 Å². The van der Waals surface area contributed by atoms with Crippen LogP contribution in [0, 0.1) is 0 Å². The number of hydrogen-bond acceptors (Lipinski definition) is 5. The molecular formula is C9H12O5S2. The highest BCUT2D eigenvalue weighted by Gasteiger charge is 2.24. The average Bonchev–Trinajstić information content (AvgIpc) is 2.65. The van der Waals surface area contributed by atoms with E-state index in [0.717, 1.165) is 22.6 Å². The van der Waals surface area contributed by atoms with Gasteiger partial charge in [0.25, 0.3) is 0 Å². The minimum Gasteiger partial charge on any atom is -0.479 e. The van der Waals surface area contributed by atoms with Gasteiger partial charge >= 0.3 is 16.1 Å². The van der Waals surface area contributed by atoms with E-state index in [1.54, 1.807) is 6.07 Å². The minimum absolute atomic E-state index is 0.0393. The van der Waals surface area contributed by atoms with E-state index in [2.05, 4.69) is 4.18 Å². The largest absolute Gasteiger partial charge is 0.479 e. The van der Waals surface area contributed by atoms with Crippen molar-refractivity contribution in [2.24, 2.45) is 0 Å². The van der Waals surface area contributed by atoms with Crippen LogP contribution >= 0.6 is 11.3 Å². The minimum atomic E-state index is -3.96. The third-order valence-corrected chi connectivity index (χ3v) is 4.91. The number of rotatable bonds is 5. The summed E-state index contributed by atoms with van der Waals surface area (Å²) in [4.78, 5) is 11.4. The van der Waals surface area contributed by atoms with Crippen LogP contribution in [0.15, 0.2) is 16.3 Å². The van der Waals surface area contributed by atoms with Crippen LogP contribution in [-0.2, 0) is 25.5 Å². The molecule has 16 heavy (non-hydrogen) atoms. The van der Waals surface area contributed by atoms with Crippen LogP contribution in [-0.4, -0.2) is 25.6 Å². The second-order valence-corrected chi connectivity index (χ2v) is 6.07. The van der Waals surface area contributed by atoms with Crippen molar-refractivity contribution < 1.29 is 22.5 Å². The predicted molar refractivity (Wildman–Crippen MR) is 59.1 cm³/mol. The van der Waals surface area contributed by atoms with Gasteiger partial charge in [0, 0.05) is 4.88 Å². The van der Waals surface area contributed by atoms with Crippen LogP contribution in [0.3, 0.4) is 0 Å². The Hall–Kier alpha value is -0.920. The quantitative estimate of drug-likeness (QED) is 0.815. The second-order valence-electron chi connectivity index (χ2n) is 3.11. The smallest absolute Gasteiger partial charge is 0.334 e. The monoisotopic (exact) mass is 264 g/mol. The van der Waals surface area contributed by atoms with Crippen molar-refractivity contribution in [2.75, 3.05) is 0 Å². The van der Waals surface area contributed by atoms with E-state index in [0.29, 0.717) is 0 Å². The molecule has 7 heteroatoms. The molecular weight excluding hydrogens is 252 g/mol. The van der Waals surface area contributed by atoms with E-state index in [-0.39, 0.29) is 4.21 Å². The van der Waals surface area contributed by atoms with E-state index in [4.69, 9.17) is 5.11 Å². The summed E-state index contributed by atoms with van der Waals surface area (Å²) in [7, 11) is -3.96. The molecule has 0 aliphatic carbocycles. The fourth-order valence-corrected chi connectivity index (χ4v) is 3.28. The van der Waals surface area contributed by atoms with Gasteiger partial charge in [-0.1, -0.05) is 6.92 Å². The van der Waals surface area contributed by atoms with Crippen molar-refractivity contribution >= 4 is 27.4 Å². The van der Waals surface area contributed by atoms with Crippen molar-refractivity contribution in [2.45, 2.75) is 30.6 Å². The van der Waals surface area contributed by atoms with Gasteiger partial charge in [-0.15, -0.1) is 11.3 Å². The van der Waals surface area contributed by atoms with Crippen molar-refractivity contribution in [1.82, 2.24) is 0 Å². The van der Waals surface area contributed by atoms with E-state index in [9.17, 15) is 13.2 Å². The van der Waals surface area contributed by atoms with Gasteiger partial charge in [-0.25, -0.2) is 4.79 Å². The molecule has 1 rings (SSSR count). The maximum Gasteiger partial charge on any atom is 0.334 e. The molecule has 90 valence electrons. The lowest BCUT2D eigenvalue weighted by Crippen LogP contribution is -2.23. The van der Waals surface area contributed by atoms with Crippen LogP contribution in [0.5, 0.6) is 0 Å². The average molecular weight is 264 g/mol. The molecule has 0 amide bonds. The van der Waals surface area contributed by atoms with E-state index in [1.165, 1.54) is 13.0 Å². The molecule has 0 aliphatic heterocycles. The Labute approximate surface area is 97.8 Å². The standard InChI is InChI=1S/C9H12O5S2/c1-3-7-4-5-8(15-7)16(12,13)14-6(2)9(10)11/h4-6H,3H2,1-2H3,(H,10,11). The molecule has 1 aromatic heterocycles. The first-order valence-corrected chi connectivity index (χ1v) is 6.84. The highest BCUT2D eigenvalue weighted by molar-refractivity contribution is 7.89. The zero-order chi connectivity index (χ0) is 12.3. The molecule has 0 aliphatic rings. The number of aryl methyl sites for hydroxylation is 1. The number of aliphatic carboxylic acids is 1. The van der Waals surface area contributed by atoms with Gasteiger partial charge in [0.15, 0.2) is 6.10 Å². The molecule has 0 radical (unpaired) electrons. The van der Waals surface area contributed by atoms with Crippen molar-refractivity contribution in [1.29, 1.82) is 0 Å². The summed E-state index contributed by atoms with van der Waals surface area (Å²) in [5.41, 5.74) is 0. The van der Waals surface area contributed by atoms with Crippen molar-refractivity contribution in [3.63, 3.8) is 0 Å². The maximum atomic E-state index is 11.6. The van der Waals surface area contributed by atoms with Gasteiger partial charge in [0.1, 0.15) is 4.21 Å². The number of carboxylic acid groups (broad SMARTS) is 1. The Morgan fingerprint density at radius 2 is 2.19 bits per heavy atom. The summed E-state index contributed by atoms with van der Waals surface area (Å²) in [6.07, 6.45) is -0.647. The zero-order valence-electron chi connectivity index (χ0n) is 8.84. The predicted octanol–water partition coefficient (Wildman–Crippen LogP) is 1.49. The molecule has 1 N–H and O–H groups in total. The van der Waals surface area contributed by atoms with E-state index >= 15 is 0 Å². The van der Waals surface area contributed by atoms with Gasteiger partial charge < -0.3 is 5.11 Å².